The van der Waals surface area contributed by atoms with E-state index in [1.165, 1.54) is 16.7 Å². The molecule has 0 fully saturated rings. The molecule has 0 atom stereocenters. The first-order valence-electron chi connectivity index (χ1n) is 7.34. The normalized spacial score (nSPS) is 10.5. The quantitative estimate of drug-likeness (QED) is 0.801. The molecular weight excluding hydrogens is 246 g/mol. The highest BCUT2D eigenvalue weighted by atomic mass is 16.2. The van der Waals surface area contributed by atoms with Crippen LogP contribution in [-0.4, -0.2) is 11.7 Å². The van der Waals surface area contributed by atoms with Gasteiger partial charge in [-0.3, -0.25) is 0 Å². The van der Waals surface area contributed by atoms with Crippen molar-refractivity contribution in [2.24, 2.45) is 0 Å². The fourth-order valence-electron chi connectivity index (χ4n) is 2.39. The molecule has 2 heteroatoms. The van der Waals surface area contributed by atoms with Gasteiger partial charge < -0.3 is 10.4 Å². The largest absolute Gasteiger partial charge is 0.396 e. The third-order valence-electron chi connectivity index (χ3n) is 3.53. The van der Waals surface area contributed by atoms with E-state index in [1.807, 2.05) is 0 Å². The van der Waals surface area contributed by atoms with Gasteiger partial charge in [0.2, 0.25) is 0 Å². The van der Waals surface area contributed by atoms with E-state index in [1.54, 1.807) is 0 Å². The van der Waals surface area contributed by atoms with Crippen molar-refractivity contribution in [3.63, 3.8) is 0 Å². The molecule has 2 nitrogen and oxygen atoms in total. The molecule has 106 valence electrons. The van der Waals surface area contributed by atoms with Crippen LogP contribution in [0.2, 0.25) is 0 Å². The van der Waals surface area contributed by atoms with E-state index in [4.69, 9.17) is 5.11 Å². The SMILES string of the molecule is CCc1ccccc1CNc1cccc(CCCO)c1. The Morgan fingerprint density at radius 2 is 1.80 bits per heavy atom. The highest BCUT2D eigenvalue weighted by Crippen LogP contribution is 2.15. The van der Waals surface area contributed by atoms with Gasteiger partial charge in [0, 0.05) is 18.8 Å². The van der Waals surface area contributed by atoms with Crippen LogP contribution in [0.4, 0.5) is 5.69 Å². The van der Waals surface area contributed by atoms with Crippen molar-refractivity contribution < 1.29 is 5.11 Å². The van der Waals surface area contributed by atoms with Crippen LogP contribution in [-0.2, 0) is 19.4 Å². The third-order valence-corrected chi connectivity index (χ3v) is 3.53. The molecule has 0 heterocycles. The molecule has 0 unspecified atom stereocenters. The van der Waals surface area contributed by atoms with Crippen LogP contribution >= 0.6 is 0 Å². The van der Waals surface area contributed by atoms with Gasteiger partial charge in [0.05, 0.1) is 0 Å². The minimum atomic E-state index is 0.252. The second kappa shape index (κ2) is 7.71. The van der Waals surface area contributed by atoms with Crippen LogP contribution in [0, 0.1) is 0 Å². The summed E-state index contributed by atoms with van der Waals surface area (Å²) in [6.45, 7) is 3.29. The van der Waals surface area contributed by atoms with Crippen LogP contribution in [0.15, 0.2) is 48.5 Å². The molecule has 0 spiro atoms. The Kier molecular flexibility index (Phi) is 5.63. The standard InChI is InChI=1S/C18H23NO/c1-2-16-9-3-4-10-17(16)14-19-18-11-5-7-15(13-18)8-6-12-20/h3-5,7,9-11,13,19-20H,2,6,8,12,14H2,1H3. The topological polar surface area (TPSA) is 32.3 Å². The molecule has 0 aromatic heterocycles. The van der Waals surface area contributed by atoms with Crippen molar-refractivity contribution in [1.29, 1.82) is 0 Å². The van der Waals surface area contributed by atoms with Crippen molar-refractivity contribution in [2.75, 3.05) is 11.9 Å². The summed E-state index contributed by atoms with van der Waals surface area (Å²) in [6, 6.07) is 17.0. The monoisotopic (exact) mass is 269 g/mol. The predicted octanol–water partition coefficient (Wildman–Crippen LogP) is 3.79. The lowest BCUT2D eigenvalue weighted by Crippen LogP contribution is -2.03. The summed E-state index contributed by atoms with van der Waals surface area (Å²) < 4.78 is 0. The zero-order valence-electron chi connectivity index (χ0n) is 12.1. The summed E-state index contributed by atoms with van der Waals surface area (Å²) in [5.74, 6) is 0. The van der Waals surface area contributed by atoms with Gasteiger partial charge in [0.1, 0.15) is 0 Å². The smallest absolute Gasteiger partial charge is 0.0434 e. The number of aliphatic hydroxyl groups is 1. The summed E-state index contributed by atoms with van der Waals surface area (Å²) in [7, 11) is 0. The second-order valence-electron chi connectivity index (χ2n) is 5.00. The fraction of sp³-hybridized carbons (Fsp3) is 0.333. The van der Waals surface area contributed by atoms with Crippen molar-refractivity contribution in [1.82, 2.24) is 0 Å². The number of aryl methyl sites for hydroxylation is 2. The lowest BCUT2D eigenvalue weighted by Gasteiger charge is -2.11. The number of aliphatic hydroxyl groups excluding tert-OH is 1. The Morgan fingerprint density at radius 1 is 1.00 bits per heavy atom. The van der Waals surface area contributed by atoms with Gasteiger partial charge in [0.15, 0.2) is 0 Å². The number of rotatable bonds is 7. The molecule has 0 aliphatic carbocycles. The Labute approximate surface area is 121 Å². The average Bonchev–Trinajstić information content (AvgIpc) is 2.51. The van der Waals surface area contributed by atoms with Crippen LogP contribution in [0.25, 0.3) is 0 Å². The lowest BCUT2D eigenvalue weighted by molar-refractivity contribution is 0.288. The lowest BCUT2D eigenvalue weighted by atomic mass is 10.1. The minimum absolute atomic E-state index is 0.252. The first kappa shape index (κ1) is 14.6. The summed E-state index contributed by atoms with van der Waals surface area (Å²) in [6.07, 6.45) is 2.81. The van der Waals surface area contributed by atoms with Crippen LogP contribution in [0.5, 0.6) is 0 Å². The highest BCUT2D eigenvalue weighted by Gasteiger charge is 2.00. The Balaban J connectivity index is 1.99. The number of benzene rings is 2. The summed E-state index contributed by atoms with van der Waals surface area (Å²) in [4.78, 5) is 0. The number of hydrogen-bond donors (Lipinski definition) is 2. The molecule has 20 heavy (non-hydrogen) atoms. The molecule has 2 aromatic carbocycles. The number of nitrogens with one attached hydrogen (secondary N) is 1. The molecule has 0 saturated heterocycles. The first-order valence-corrected chi connectivity index (χ1v) is 7.34. The maximum Gasteiger partial charge on any atom is 0.0434 e. The van der Waals surface area contributed by atoms with E-state index in [0.717, 1.165) is 31.5 Å². The maximum atomic E-state index is 8.89. The van der Waals surface area contributed by atoms with Crippen molar-refractivity contribution in [2.45, 2.75) is 32.7 Å². The molecule has 0 radical (unpaired) electrons. The fourth-order valence-corrected chi connectivity index (χ4v) is 2.39. The van der Waals surface area contributed by atoms with Crippen LogP contribution < -0.4 is 5.32 Å². The summed E-state index contributed by atoms with van der Waals surface area (Å²) in [5.41, 5.74) is 5.17. The van der Waals surface area contributed by atoms with Crippen molar-refractivity contribution in [3.8, 4) is 0 Å². The molecule has 0 amide bonds. The van der Waals surface area contributed by atoms with E-state index >= 15 is 0 Å². The molecule has 0 aliphatic rings. The van der Waals surface area contributed by atoms with Gasteiger partial charge in [-0.1, -0.05) is 43.3 Å². The Morgan fingerprint density at radius 3 is 2.55 bits per heavy atom. The van der Waals surface area contributed by atoms with E-state index in [2.05, 4.69) is 60.8 Å². The van der Waals surface area contributed by atoms with E-state index < -0.39 is 0 Å². The average molecular weight is 269 g/mol. The van der Waals surface area contributed by atoms with Crippen molar-refractivity contribution in [3.05, 3.63) is 65.2 Å². The third kappa shape index (κ3) is 4.10. The van der Waals surface area contributed by atoms with Gasteiger partial charge in [-0.15, -0.1) is 0 Å². The maximum absolute atomic E-state index is 8.89. The zero-order chi connectivity index (χ0) is 14.2. The Hall–Kier alpha value is -1.80. The molecule has 0 saturated carbocycles. The van der Waals surface area contributed by atoms with Gasteiger partial charge in [-0.05, 0) is 48.1 Å². The van der Waals surface area contributed by atoms with Crippen molar-refractivity contribution >= 4 is 5.69 Å². The zero-order valence-corrected chi connectivity index (χ0v) is 12.1. The summed E-state index contributed by atoms with van der Waals surface area (Å²) in [5, 5.41) is 12.4. The van der Waals surface area contributed by atoms with E-state index in [9.17, 15) is 0 Å². The molecule has 0 bridgehead atoms. The van der Waals surface area contributed by atoms with Gasteiger partial charge in [-0.25, -0.2) is 0 Å². The van der Waals surface area contributed by atoms with Crippen LogP contribution in [0.1, 0.15) is 30.0 Å². The van der Waals surface area contributed by atoms with E-state index in [0.29, 0.717) is 0 Å². The molecule has 2 N–H and O–H groups in total. The molecular formula is C18H23NO. The first-order chi connectivity index (χ1) is 9.83. The highest BCUT2D eigenvalue weighted by molar-refractivity contribution is 5.46. The predicted molar refractivity (Wildman–Crippen MR) is 85.0 cm³/mol. The molecule has 2 aromatic rings. The second-order valence-corrected chi connectivity index (χ2v) is 5.00. The Bertz CT molecular complexity index is 536. The summed E-state index contributed by atoms with van der Waals surface area (Å²) >= 11 is 0. The van der Waals surface area contributed by atoms with E-state index in [-0.39, 0.29) is 6.61 Å². The number of hydrogen-bond acceptors (Lipinski definition) is 2. The molecule has 2 rings (SSSR count). The van der Waals surface area contributed by atoms with Gasteiger partial charge >= 0.3 is 0 Å². The number of anilines is 1. The molecule has 0 aliphatic heterocycles. The van der Waals surface area contributed by atoms with Gasteiger partial charge in [-0.2, -0.15) is 0 Å². The van der Waals surface area contributed by atoms with Gasteiger partial charge in [0.25, 0.3) is 0 Å². The van der Waals surface area contributed by atoms with Crippen LogP contribution in [0.3, 0.4) is 0 Å². The minimum Gasteiger partial charge on any atom is -0.396 e.